The lowest BCUT2D eigenvalue weighted by Gasteiger charge is -2.24. The minimum atomic E-state index is -0.729. The summed E-state index contributed by atoms with van der Waals surface area (Å²) in [6, 6.07) is 0.479. The standard InChI is InChI=1S/C16H27N3O2P2/c1-12-4-6-15(7-5-12)18-10-14(17-11-18)9-13(16(20)21)3-2-8-19(22)23/h10-11,13,15H,1-9,22-23H2,(H,20,21)/t13-/m0/s1. The van der Waals surface area contributed by atoms with Crippen LogP contribution in [0.5, 0.6) is 0 Å². The number of aliphatic carboxylic acids is 1. The number of hydrogen-bond donors (Lipinski definition) is 1. The van der Waals surface area contributed by atoms with Crippen molar-refractivity contribution in [2.75, 3.05) is 6.54 Å². The molecule has 1 N–H and O–H groups in total. The summed E-state index contributed by atoms with van der Waals surface area (Å²) in [5.74, 6) is -1.09. The van der Waals surface area contributed by atoms with Gasteiger partial charge in [-0.05, 0) is 38.5 Å². The first-order chi connectivity index (χ1) is 11.0. The van der Waals surface area contributed by atoms with Crippen molar-refractivity contribution in [3.05, 3.63) is 30.4 Å². The molecule has 5 nitrogen and oxygen atoms in total. The molecule has 1 aromatic rings. The zero-order chi connectivity index (χ0) is 16.8. The Morgan fingerprint density at radius 2 is 2.17 bits per heavy atom. The van der Waals surface area contributed by atoms with Gasteiger partial charge < -0.3 is 9.67 Å². The topological polar surface area (TPSA) is 58.4 Å². The van der Waals surface area contributed by atoms with Crippen LogP contribution in [0.2, 0.25) is 0 Å². The molecule has 1 saturated carbocycles. The first-order valence-corrected chi connectivity index (χ1v) is 9.17. The van der Waals surface area contributed by atoms with Crippen molar-refractivity contribution < 1.29 is 9.90 Å². The van der Waals surface area contributed by atoms with Gasteiger partial charge in [-0.3, -0.25) is 9.24 Å². The number of aromatic nitrogens is 2. The molecule has 7 heteroatoms. The maximum Gasteiger partial charge on any atom is 0.306 e. The summed E-state index contributed by atoms with van der Waals surface area (Å²) < 4.78 is 4.08. The summed E-state index contributed by atoms with van der Waals surface area (Å²) in [5.41, 5.74) is 2.22. The van der Waals surface area contributed by atoms with Gasteiger partial charge in [-0.15, -0.1) is 0 Å². The van der Waals surface area contributed by atoms with Crippen molar-refractivity contribution in [1.82, 2.24) is 14.0 Å². The zero-order valence-electron chi connectivity index (χ0n) is 13.5. The van der Waals surface area contributed by atoms with Gasteiger partial charge in [0.1, 0.15) is 0 Å². The van der Waals surface area contributed by atoms with Crippen molar-refractivity contribution in [2.45, 2.75) is 51.0 Å². The van der Waals surface area contributed by atoms with Crippen LogP contribution in [0.3, 0.4) is 0 Å². The second-order valence-electron chi connectivity index (χ2n) is 6.41. The highest BCUT2D eigenvalue weighted by atomic mass is 31.1. The van der Waals surface area contributed by atoms with Gasteiger partial charge in [-0.25, -0.2) is 4.98 Å². The predicted molar refractivity (Wildman–Crippen MR) is 99.1 cm³/mol. The van der Waals surface area contributed by atoms with E-state index in [4.69, 9.17) is 0 Å². The molecule has 2 rings (SSSR count). The summed E-state index contributed by atoms with van der Waals surface area (Å²) >= 11 is 0. The van der Waals surface area contributed by atoms with E-state index in [1.54, 1.807) is 0 Å². The molecule has 3 atom stereocenters. The average Bonchev–Trinajstić information content (AvgIpc) is 2.95. The summed E-state index contributed by atoms with van der Waals surface area (Å²) in [5, 5.41) is 9.42. The van der Waals surface area contributed by atoms with E-state index in [9.17, 15) is 9.90 Å². The second-order valence-corrected chi connectivity index (χ2v) is 8.34. The van der Waals surface area contributed by atoms with Crippen molar-refractivity contribution in [1.29, 1.82) is 0 Å². The van der Waals surface area contributed by atoms with E-state index < -0.39 is 5.97 Å². The molecular formula is C16H27N3O2P2. The molecule has 1 heterocycles. The Kier molecular flexibility index (Phi) is 7.20. The first-order valence-electron chi connectivity index (χ1n) is 8.14. The molecule has 1 aliphatic carbocycles. The highest BCUT2D eigenvalue weighted by Gasteiger charge is 2.21. The number of nitrogens with zero attached hydrogens (tertiary/aromatic N) is 3. The summed E-state index contributed by atoms with van der Waals surface area (Å²) in [6.07, 6.45) is 10.3. The molecule has 128 valence electrons. The van der Waals surface area contributed by atoms with Gasteiger partial charge >= 0.3 is 5.97 Å². The van der Waals surface area contributed by atoms with Crippen LogP contribution in [-0.4, -0.2) is 31.6 Å². The van der Waals surface area contributed by atoms with E-state index in [0.29, 0.717) is 18.9 Å². The Hall–Kier alpha value is -0.760. The molecule has 23 heavy (non-hydrogen) atoms. The molecular weight excluding hydrogens is 328 g/mol. The van der Waals surface area contributed by atoms with E-state index in [-0.39, 0.29) is 5.92 Å². The minimum Gasteiger partial charge on any atom is -0.481 e. The lowest BCUT2D eigenvalue weighted by Crippen LogP contribution is -2.18. The maximum absolute atomic E-state index is 11.5. The van der Waals surface area contributed by atoms with Crippen molar-refractivity contribution in [3.63, 3.8) is 0 Å². The fourth-order valence-electron chi connectivity index (χ4n) is 3.08. The Morgan fingerprint density at radius 1 is 1.48 bits per heavy atom. The van der Waals surface area contributed by atoms with Gasteiger partial charge in [0, 0.05) is 25.2 Å². The number of carboxylic acids is 1. The van der Waals surface area contributed by atoms with Crippen LogP contribution in [-0.2, 0) is 11.2 Å². The third-order valence-corrected chi connectivity index (χ3v) is 5.03. The van der Waals surface area contributed by atoms with E-state index in [2.05, 4.69) is 34.9 Å². The van der Waals surface area contributed by atoms with E-state index in [0.717, 1.165) is 44.3 Å². The molecule has 1 aromatic heterocycles. The van der Waals surface area contributed by atoms with Crippen LogP contribution < -0.4 is 0 Å². The Bertz CT molecular complexity index is 535. The van der Waals surface area contributed by atoms with Crippen LogP contribution in [0.4, 0.5) is 0 Å². The highest BCUT2D eigenvalue weighted by molar-refractivity contribution is 7.30. The normalized spacial score (nSPS) is 17.6. The quantitative estimate of drug-likeness (QED) is 0.573. The van der Waals surface area contributed by atoms with E-state index >= 15 is 0 Å². The largest absolute Gasteiger partial charge is 0.481 e. The van der Waals surface area contributed by atoms with Crippen molar-refractivity contribution in [3.8, 4) is 0 Å². The fraction of sp³-hybridized carbons (Fsp3) is 0.625. The monoisotopic (exact) mass is 355 g/mol. The molecule has 2 unspecified atom stereocenters. The van der Waals surface area contributed by atoms with Gasteiger partial charge in [0.2, 0.25) is 0 Å². The molecule has 0 aliphatic heterocycles. The fourth-order valence-corrected chi connectivity index (χ4v) is 3.44. The minimum absolute atomic E-state index is 0.362. The molecule has 0 amide bonds. The molecule has 0 spiro atoms. The van der Waals surface area contributed by atoms with Crippen LogP contribution >= 0.6 is 18.8 Å². The van der Waals surface area contributed by atoms with Gasteiger partial charge in [0.05, 0.1) is 17.9 Å². The summed E-state index contributed by atoms with van der Waals surface area (Å²) in [4.78, 5) is 15.9. The average molecular weight is 355 g/mol. The summed E-state index contributed by atoms with van der Waals surface area (Å²) in [6.45, 7) is 4.90. The number of imidazole rings is 1. The highest BCUT2D eigenvalue weighted by Crippen LogP contribution is 2.31. The lowest BCUT2D eigenvalue weighted by molar-refractivity contribution is -0.142. The predicted octanol–water partition coefficient (Wildman–Crippen LogP) is 3.46. The number of carboxylic acid groups (broad SMARTS) is 1. The molecule has 0 aromatic carbocycles. The Balaban J connectivity index is 1.90. The third kappa shape index (κ3) is 5.99. The van der Waals surface area contributed by atoms with Crippen molar-refractivity contribution in [2.24, 2.45) is 5.92 Å². The maximum atomic E-state index is 11.5. The first kappa shape index (κ1) is 18.6. The van der Waals surface area contributed by atoms with E-state index in [1.165, 1.54) is 5.57 Å². The van der Waals surface area contributed by atoms with Crippen LogP contribution in [0.15, 0.2) is 24.7 Å². The zero-order valence-corrected chi connectivity index (χ0v) is 15.8. The molecule has 0 bridgehead atoms. The van der Waals surface area contributed by atoms with Crippen LogP contribution in [0.25, 0.3) is 0 Å². The number of allylic oxidation sites excluding steroid dienone is 1. The smallest absolute Gasteiger partial charge is 0.306 e. The third-order valence-electron chi connectivity index (χ3n) is 4.51. The van der Waals surface area contributed by atoms with E-state index in [1.807, 2.05) is 17.0 Å². The second kappa shape index (κ2) is 8.92. The Morgan fingerprint density at radius 3 is 2.78 bits per heavy atom. The number of rotatable bonds is 8. The van der Waals surface area contributed by atoms with Gasteiger partial charge in [0.15, 0.2) is 0 Å². The molecule has 1 aliphatic rings. The number of carbonyl (C=O) groups is 1. The van der Waals surface area contributed by atoms with Crippen LogP contribution in [0.1, 0.15) is 50.3 Å². The Labute approximate surface area is 143 Å². The lowest BCUT2D eigenvalue weighted by atomic mass is 9.92. The molecule has 0 saturated heterocycles. The summed E-state index contributed by atoms with van der Waals surface area (Å²) in [7, 11) is 5.13. The molecule has 0 radical (unpaired) electrons. The SMILES string of the molecule is C=C1CCC(n2cnc(C[C@H](CCCN(P)P)C(=O)O)c2)CC1. The van der Waals surface area contributed by atoms with Crippen molar-refractivity contribution >= 4 is 24.8 Å². The van der Waals surface area contributed by atoms with Gasteiger partial charge in [0.25, 0.3) is 0 Å². The molecule has 1 fully saturated rings. The van der Waals surface area contributed by atoms with Gasteiger partial charge in [-0.1, -0.05) is 30.9 Å². The van der Waals surface area contributed by atoms with Crippen LogP contribution in [0, 0.1) is 5.92 Å². The number of hydrogen-bond acceptors (Lipinski definition) is 3. The van der Waals surface area contributed by atoms with Gasteiger partial charge in [-0.2, -0.15) is 0 Å².